The predicted octanol–water partition coefficient (Wildman–Crippen LogP) is 5.60. The van der Waals surface area contributed by atoms with E-state index in [0.29, 0.717) is 5.75 Å². The second kappa shape index (κ2) is 11.2. The average Bonchev–Trinajstić information content (AvgIpc) is 3.34. The third kappa shape index (κ3) is 5.64. The van der Waals surface area contributed by atoms with Gasteiger partial charge < -0.3 is 9.47 Å². The molecule has 2 aliphatic rings. The SMILES string of the molecule is COc1cccc(CC(=O)OCC(=O)N2N=C3/C(=C/c4ccccc4)CCC[C@H]3[C@@H]2c2ccccc2)c1. The summed E-state index contributed by atoms with van der Waals surface area (Å²) in [5, 5.41) is 6.39. The zero-order valence-corrected chi connectivity index (χ0v) is 20.9. The van der Waals surface area contributed by atoms with Gasteiger partial charge in [-0.15, -0.1) is 0 Å². The standard InChI is InChI=1S/C31H30N2O4/c1-36-26-16-8-12-23(19-26)20-29(35)37-21-28(34)33-31(24-13-6-3-7-14-24)27-17-9-15-25(30(27)32-33)18-22-10-4-2-5-11-22/h2-8,10-14,16,18-19,27,31H,9,15,17,20-21H2,1H3/b25-18+/t27-,31+/m1/s1. The molecule has 0 radical (unpaired) electrons. The first-order valence-corrected chi connectivity index (χ1v) is 12.6. The number of hydrogen-bond acceptors (Lipinski definition) is 5. The number of esters is 1. The Hall–Kier alpha value is -4.19. The molecule has 188 valence electrons. The summed E-state index contributed by atoms with van der Waals surface area (Å²) in [4.78, 5) is 25.9. The first-order valence-electron chi connectivity index (χ1n) is 12.6. The minimum absolute atomic E-state index is 0.0632. The molecule has 1 heterocycles. The van der Waals surface area contributed by atoms with Crippen molar-refractivity contribution in [2.75, 3.05) is 13.7 Å². The fourth-order valence-corrected chi connectivity index (χ4v) is 5.15. The van der Waals surface area contributed by atoms with E-state index in [1.165, 1.54) is 5.01 Å². The van der Waals surface area contributed by atoms with Crippen molar-refractivity contribution >= 4 is 23.7 Å². The fourth-order valence-electron chi connectivity index (χ4n) is 5.15. The van der Waals surface area contributed by atoms with Crippen LogP contribution in [0.5, 0.6) is 5.75 Å². The number of nitrogens with zero attached hydrogens (tertiary/aromatic N) is 2. The van der Waals surface area contributed by atoms with Crippen LogP contribution in [0.25, 0.3) is 6.08 Å². The van der Waals surface area contributed by atoms with Crippen molar-refractivity contribution in [1.82, 2.24) is 5.01 Å². The Morgan fingerprint density at radius 3 is 2.51 bits per heavy atom. The molecule has 0 unspecified atom stereocenters. The number of methoxy groups -OCH3 is 1. The number of hydrogen-bond donors (Lipinski definition) is 0. The Bertz CT molecular complexity index is 1320. The third-order valence-corrected chi connectivity index (χ3v) is 6.88. The lowest BCUT2D eigenvalue weighted by atomic mass is 9.77. The van der Waals surface area contributed by atoms with E-state index in [2.05, 4.69) is 18.2 Å². The normalized spacial score (nSPS) is 19.8. The summed E-state index contributed by atoms with van der Waals surface area (Å²) in [6.45, 7) is -0.354. The molecule has 1 saturated carbocycles. The van der Waals surface area contributed by atoms with Gasteiger partial charge in [-0.2, -0.15) is 5.10 Å². The van der Waals surface area contributed by atoms with Crippen molar-refractivity contribution < 1.29 is 19.1 Å². The Morgan fingerprint density at radius 2 is 1.76 bits per heavy atom. The maximum absolute atomic E-state index is 13.4. The zero-order chi connectivity index (χ0) is 25.6. The van der Waals surface area contributed by atoms with Crippen LogP contribution in [0.4, 0.5) is 0 Å². The lowest BCUT2D eigenvalue weighted by molar-refractivity contribution is -0.152. The molecule has 3 aromatic rings. The van der Waals surface area contributed by atoms with E-state index in [9.17, 15) is 9.59 Å². The highest BCUT2D eigenvalue weighted by atomic mass is 16.5. The first-order chi connectivity index (χ1) is 18.1. The molecule has 0 bridgehead atoms. The summed E-state index contributed by atoms with van der Waals surface area (Å²) < 4.78 is 10.6. The van der Waals surface area contributed by atoms with Crippen LogP contribution >= 0.6 is 0 Å². The number of carbonyl (C=O) groups is 2. The number of benzene rings is 3. The van der Waals surface area contributed by atoms with Gasteiger partial charge in [0.1, 0.15) is 5.75 Å². The number of allylic oxidation sites excluding steroid dienone is 1. The van der Waals surface area contributed by atoms with E-state index in [4.69, 9.17) is 14.6 Å². The maximum atomic E-state index is 13.4. The molecule has 1 aliphatic heterocycles. The first kappa shape index (κ1) is 24.5. The number of carbonyl (C=O) groups excluding carboxylic acids is 2. The topological polar surface area (TPSA) is 68.2 Å². The molecule has 6 heteroatoms. The maximum Gasteiger partial charge on any atom is 0.310 e. The molecule has 0 spiro atoms. The molecule has 6 nitrogen and oxygen atoms in total. The predicted molar refractivity (Wildman–Crippen MR) is 143 cm³/mol. The molecule has 5 rings (SSSR count). The van der Waals surface area contributed by atoms with E-state index in [1.54, 1.807) is 13.2 Å². The van der Waals surface area contributed by atoms with E-state index in [1.807, 2.05) is 66.7 Å². The molecule has 1 amide bonds. The molecule has 0 aromatic heterocycles. The fraction of sp³-hybridized carbons (Fsp3) is 0.258. The van der Waals surface area contributed by atoms with Gasteiger partial charge in [-0.1, -0.05) is 72.8 Å². The molecule has 2 atom stereocenters. The van der Waals surface area contributed by atoms with Gasteiger partial charge >= 0.3 is 5.97 Å². The largest absolute Gasteiger partial charge is 0.497 e. The molecule has 3 aromatic carbocycles. The Morgan fingerprint density at radius 1 is 1.00 bits per heavy atom. The summed E-state index contributed by atoms with van der Waals surface area (Å²) in [5.74, 6) is -0.0231. The van der Waals surface area contributed by atoms with Crippen LogP contribution < -0.4 is 4.74 Å². The van der Waals surface area contributed by atoms with Crippen LogP contribution in [0.2, 0.25) is 0 Å². The highest BCUT2D eigenvalue weighted by Gasteiger charge is 2.43. The molecular weight excluding hydrogens is 464 g/mol. The minimum atomic E-state index is -0.466. The van der Waals surface area contributed by atoms with Gasteiger partial charge in [0.25, 0.3) is 5.91 Å². The van der Waals surface area contributed by atoms with Crippen molar-refractivity contribution in [3.05, 3.63) is 107 Å². The van der Waals surface area contributed by atoms with Gasteiger partial charge in [-0.3, -0.25) is 9.59 Å². The Labute approximate surface area is 217 Å². The van der Waals surface area contributed by atoms with Gasteiger partial charge in [0, 0.05) is 5.92 Å². The number of amides is 1. The highest BCUT2D eigenvalue weighted by Crippen LogP contribution is 2.44. The molecule has 0 saturated heterocycles. The van der Waals surface area contributed by atoms with E-state index in [-0.39, 0.29) is 30.9 Å². The van der Waals surface area contributed by atoms with Gasteiger partial charge in [0.2, 0.25) is 0 Å². The van der Waals surface area contributed by atoms with Crippen LogP contribution in [0.15, 0.2) is 95.6 Å². The number of fused-ring (bicyclic) bond motifs is 1. The summed E-state index contributed by atoms with van der Waals surface area (Å²) in [6, 6.07) is 27.2. The second-order valence-corrected chi connectivity index (χ2v) is 9.35. The van der Waals surface area contributed by atoms with E-state index in [0.717, 1.165) is 47.2 Å². The number of ether oxygens (including phenoxy) is 2. The van der Waals surface area contributed by atoms with Crippen LogP contribution in [-0.4, -0.2) is 36.3 Å². The minimum Gasteiger partial charge on any atom is -0.497 e. The van der Waals surface area contributed by atoms with Gasteiger partial charge in [-0.05, 0) is 59.7 Å². The molecule has 1 aliphatic carbocycles. The van der Waals surface area contributed by atoms with E-state index >= 15 is 0 Å². The van der Waals surface area contributed by atoms with Gasteiger partial charge in [0.15, 0.2) is 6.61 Å². The van der Waals surface area contributed by atoms with Crippen LogP contribution in [0, 0.1) is 5.92 Å². The number of rotatable bonds is 7. The molecule has 1 fully saturated rings. The summed E-state index contributed by atoms with van der Waals surface area (Å²) >= 11 is 0. The lowest BCUT2D eigenvalue weighted by Crippen LogP contribution is -2.34. The Kier molecular flexibility index (Phi) is 7.45. The molecule has 37 heavy (non-hydrogen) atoms. The van der Waals surface area contributed by atoms with Crippen molar-refractivity contribution in [1.29, 1.82) is 0 Å². The quantitative estimate of drug-likeness (QED) is 0.401. The Balaban J connectivity index is 1.35. The average molecular weight is 495 g/mol. The molecular formula is C31H30N2O4. The van der Waals surface area contributed by atoms with Crippen molar-refractivity contribution in [2.24, 2.45) is 11.0 Å². The summed E-state index contributed by atoms with van der Waals surface area (Å²) in [7, 11) is 1.58. The zero-order valence-electron chi connectivity index (χ0n) is 20.9. The van der Waals surface area contributed by atoms with Crippen LogP contribution in [-0.2, 0) is 20.7 Å². The smallest absolute Gasteiger partial charge is 0.310 e. The second-order valence-electron chi connectivity index (χ2n) is 9.35. The van der Waals surface area contributed by atoms with Gasteiger partial charge in [-0.25, -0.2) is 5.01 Å². The van der Waals surface area contributed by atoms with E-state index < -0.39 is 5.97 Å². The van der Waals surface area contributed by atoms with Crippen LogP contribution in [0.1, 0.15) is 42.0 Å². The van der Waals surface area contributed by atoms with Crippen molar-refractivity contribution in [3.63, 3.8) is 0 Å². The van der Waals surface area contributed by atoms with Gasteiger partial charge in [0.05, 0.1) is 25.3 Å². The highest BCUT2D eigenvalue weighted by molar-refractivity contribution is 6.08. The lowest BCUT2D eigenvalue weighted by Gasteiger charge is -2.29. The molecule has 0 N–H and O–H groups in total. The van der Waals surface area contributed by atoms with Crippen molar-refractivity contribution in [2.45, 2.75) is 31.7 Å². The summed E-state index contributed by atoms with van der Waals surface area (Å²) in [6.07, 6.45) is 5.14. The summed E-state index contributed by atoms with van der Waals surface area (Å²) in [5.41, 5.74) is 5.03. The van der Waals surface area contributed by atoms with Crippen LogP contribution in [0.3, 0.4) is 0 Å². The third-order valence-electron chi connectivity index (χ3n) is 6.88. The number of hydrazone groups is 1. The monoisotopic (exact) mass is 494 g/mol. The van der Waals surface area contributed by atoms with Crippen molar-refractivity contribution in [3.8, 4) is 5.75 Å².